The largest absolute Gasteiger partial charge is 0.341 e. The Balaban J connectivity index is 1.52. The molecule has 0 aromatic heterocycles. The third-order valence-electron chi connectivity index (χ3n) is 4.30. The molecule has 0 radical (unpaired) electrons. The molecule has 4 amide bonds. The zero-order valence-electron chi connectivity index (χ0n) is 12.6. The van der Waals surface area contributed by atoms with Crippen LogP contribution in [0.2, 0.25) is 0 Å². The van der Waals surface area contributed by atoms with E-state index in [4.69, 9.17) is 0 Å². The second-order valence-corrected chi connectivity index (χ2v) is 6.75. The number of benzene rings is 1. The number of likely N-dealkylation sites (tertiary alicyclic amines) is 1. The Morgan fingerprint density at radius 1 is 1.26 bits per heavy atom. The minimum absolute atomic E-state index is 0.0623. The van der Waals surface area contributed by atoms with Crippen molar-refractivity contribution in [2.75, 3.05) is 19.6 Å². The number of halogens is 1. The first-order valence-corrected chi connectivity index (χ1v) is 8.46. The van der Waals surface area contributed by atoms with Crippen molar-refractivity contribution in [3.63, 3.8) is 0 Å². The van der Waals surface area contributed by atoms with Crippen molar-refractivity contribution in [2.24, 2.45) is 0 Å². The molecule has 122 valence electrons. The SMILES string of the molecule is O=C(CCc1ccc(Br)cc1)N1CCC(N2C(=O)CNC2=O)C1. The van der Waals surface area contributed by atoms with Gasteiger partial charge in [-0.2, -0.15) is 0 Å². The van der Waals surface area contributed by atoms with E-state index < -0.39 is 0 Å². The van der Waals surface area contributed by atoms with Crippen LogP contribution in [-0.2, 0) is 16.0 Å². The van der Waals surface area contributed by atoms with Gasteiger partial charge >= 0.3 is 6.03 Å². The summed E-state index contributed by atoms with van der Waals surface area (Å²) in [6, 6.07) is 7.38. The number of hydrogen-bond donors (Lipinski definition) is 1. The first-order valence-electron chi connectivity index (χ1n) is 7.66. The number of hydrogen-bond acceptors (Lipinski definition) is 3. The van der Waals surface area contributed by atoms with E-state index in [2.05, 4.69) is 21.2 Å². The zero-order valence-corrected chi connectivity index (χ0v) is 14.2. The minimum atomic E-state index is -0.343. The van der Waals surface area contributed by atoms with Gasteiger partial charge in [0.2, 0.25) is 11.8 Å². The molecule has 3 rings (SSSR count). The fourth-order valence-corrected chi connectivity index (χ4v) is 3.31. The molecule has 1 aromatic rings. The number of nitrogens with zero attached hydrogens (tertiary/aromatic N) is 2. The summed E-state index contributed by atoms with van der Waals surface area (Å²) in [5, 5.41) is 2.52. The number of rotatable bonds is 4. The highest BCUT2D eigenvalue weighted by molar-refractivity contribution is 9.10. The van der Waals surface area contributed by atoms with Crippen molar-refractivity contribution in [1.29, 1.82) is 0 Å². The van der Waals surface area contributed by atoms with Crippen molar-refractivity contribution in [3.8, 4) is 0 Å². The van der Waals surface area contributed by atoms with Gasteiger partial charge in [0, 0.05) is 24.0 Å². The Morgan fingerprint density at radius 3 is 2.65 bits per heavy atom. The van der Waals surface area contributed by atoms with Crippen LogP contribution < -0.4 is 5.32 Å². The molecule has 1 aromatic carbocycles. The average Bonchev–Trinajstić information content (AvgIpc) is 3.13. The first-order chi connectivity index (χ1) is 11.0. The van der Waals surface area contributed by atoms with Crippen LogP contribution in [0, 0.1) is 0 Å². The molecular formula is C16H18BrN3O3. The maximum Gasteiger partial charge on any atom is 0.324 e. The Morgan fingerprint density at radius 2 is 2.00 bits per heavy atom. The predicted molar refractivity (Wildman–Crippen MR) is 87.7 cm³/mol. The van der Waals surface area contributed by atoms with Gasteiger partial charge in [0.05, 0.1) is 12.6 Å². The number of carbonyl (C=O) groups excluding carboxylic acids is 3. The molecule has 2 fully saturated rings. The molecule has 6 nitrogen and oxygen atoms in total. The van der Waals surface area contributed by atoms with Gasteiger partial charge in [0.1, 0.15) is 0 Å². The van der Waals surface area contributed by atoms with Gasteiger partial charge in [-0.1, -0.05) is 28.1 Å². The lowest BCUT2D eigenvalue weighted by atomic mass is 10.1. The summed E-state index contributed by atoms with van der Waals surface area (Å²) >= 11 is 3.39. The Bertz CT molecular complexity index is 616. The normalized spacial score (nSPS) is 21.0. The van der Waals surface area contributed by atoms with Gasteiger partial charge in [-0.25, -0.2) is 4.79 Å². The molecule has 1 unspecified atom stereocenters. The second kappa shape index (κ2) is 6.70. The van der Waals surface area contributed by atoms with Crippen molar-refractivity contribution >= 4 is 33.8 Å². The highest BCUT2D eigenvalue weighted by Gasteiger charge is 2.39. The summed E-state index contributed by atoms with van der Waals surface area (Å²) in [5.74, 6) is -0.133. The second-order valence-electron chi connectivity index (χ2n) is 5.83. The van der Waals surface area contributed by atoms with Crippen LogP contribution in [0.25, 0.3) is 0 Å². The highest BCUT2D eigenvalue weighted by Crippen LogP contribution is 2.19. The molecule has 2 heterocycles. The Kier molecular flexibility index (Phi) is 4.66. The summed E-state index contributed by atoms with van der Waals surface area (Å²) in [6.07, 6.45) is 1.79. The smallest absolute Gasteiger partial charge is 0.324 e. The van der Waals surface area contributed by atoms with Gasteiger partial charge in [-0.05, 0) is 30.5 Å². The molecule has 1 atom stereocenters. The van der Waals surface area contributed by atoms with Crippen LogP contribution in [0.3, 0.4) is 0 Å². The number of nitrogens with one attached hydrogen (secondary N) is 1. The monoisotopic (exact) mass is 379 g/mol. The van der Waals surface area contributed by atoms with Crippen LogP contribution in [0.5, 0.6) is 0 Å². The lowest BCUT2D eigenvalue weighted by molar-refractivity contribution is -0.131. The van der Waals surface area contributed by atoms with Gasteiger partial charge in [0.15, 0.2) is 0 Å². The molecule has 0 saturated carbocycles. The molecule has 2 aliphatic heterocycles. The van der Waals surface area contributed by atoms with Crippen molar-refractivity contribution < 1.29 is 14.4 Å². The fourth-order valence-electron chi connectivity index (χ4n) is 3.04. The molecule has 0 bridgehead atoms. The topological polar surface area (TPSA) is 69.7 Å². The van der Waals surface area contributed by atoms with Crippen LogP contribution in [0.1, 0.15) is 18.4 Å². The van der Waals surface area contributed by atoms with Gasteiger partial charge in [0.25, 0.3) is 0 Å². The molecule has 1 N–H and O–H groups in total. The molecule has 7 heteroatoms. The van der Waals surface area contributed by atoms with E-state index in [1.165, 1.54) is 4.90 Å². The summed E-state index contributed by atoms with van der Waals surface area (Å²) in [6.45, 7) is 1.10. The van der Waals surface area contributed by atoms with E-state index in [1.54, 1.807) is 4.90 Å². The minimum Gasteiger partial charge on any atom is -0.341 e. The molecule has 2 aliphatic rings. The maximum atomic E-state index is 12.3. The Hall–Kier alpha value is -1.89. The highest BCUT2D eigenvalue weighted by atomic mass is 79.9. The lowest BCUT2D eigenvalue weighted by Crippen LogP contribution is -2.42. The number of carbonyl (C=O) groups is 3. The van der Waals surface area contributed by atoms with E-state index in [1.807, 2.05) is 24.3 Å². The van der Waals surface area contributed by atoms with Crippen LogP contribution in [-0.4, -0.2) is 53.3 Å². The number of urea groups is 1. The standard InChI is InChI=1S/C16H18BrN3O3/c17-12-4-1-11(2-5-12)3-6-14(21)19-8-7-13(10-19)20-15(22)9-18-16(20)23/h1-2,4-5,13H,3,6-10H2,(H,18,23). The first kappa shape index (κ1) is 16.0. The summed E-state index contributed by atoms with van der Waals surface area (Å²) < 4.78 is 1.02. The summed E-state index contributed by atoms with van der Waals surface area (Å²) in [7, 11) is 0. The number of amides is 4. The van der Waals surface area contributed by atoms with E-state index in [0.29, 0.717) is 32.4 Å². The number of imide groups is 1. The van der Waals surface area contributed by atoms with Crippen LogP contribution >= 0.6 is 15.9 Å². The molecular weight excluding hydrogens is 362 g/mol. The van der Waals surface area contributed by atoms with E-state index in [9.17, 15) is 14.4 Å². The van der Waals surface area contributed by atoms with Gasteiger partial charge in [-0.15, -0.1) is 0 Å². The average molecular weight is 380 g/mol. The Labute approximate surface area is 142 Å². The zero-order chi connectivity index (χ0) is 16.4. The molecule has 2 saturated heterocycles. The van der Waals surface area contributed by atoms with Gasteiger partial charge in [-0.3, -0.25) is 14.5 Å². The maximum absolute atomic E-state index is 12.3. The molecule has 0 spiro atoms. The van der Waals surface area contributed by atoms with Crippen molar-refractivity contribution in [3.05, 3.63) is 34.3 Å². The fraction of sp³-hybridized carbons (Fsp3) is 0.438. The van der Waals surface area contributed by atoms with Crippen molar-refractivity contribution in [1.82, 2.24) is 15.1 Å². The molecule has 23 heavy (non-hydrogen) atoms. The third-order valence-corrected chi connectivity index (χ3v) is 4.83. The predicted octanol–water partition coefficient (Wildman–Crippen LogP) is 1.53. The van der Waals surface area contributed by atoms with E-state index >= 15 is 0 Å². The lowest BCUT2D eigenvalue weighted by Gasteiger charge is -2.21. The quantitative estimate of drug-likeness (QED) is 0.806. The summed E-state index contributed by atoms with van der Waals surface area (Å²) in [5.41, 5.74) is 1.12. The van der Waals surface area contributed by atoms with Crippen molar-refractivity contribution in [2.45, 2.75) is 25.3 Å². The van der Waals surface area contributed by atoms with Gasteiger partial charge < -0.3 is 10.2 Å². The molecule has 0 aliphatic carbocycles. The summed E-state index contributed by atoms with van der Waals surface area (Å²) in [4.78, 5) is 38.7. The van der Waals surface area contributed by atoms with E-state index in [-0.39, 0.29) is 30.4 Å². The number of aryl methyl sites for hydroxylation is 1. The van der Waals surface area contributed by atoms with E-state index in [0.717, 1.165) is 10.0 Å². The third kappa shape index (κ3) is 3.55. The van der Waals surface area contributed by atoms with Crippen LogP contribution in [0.4, 0.5) is 4.79 Å². The van der Waals surface area contributed by atoms with Crippen LogP contribution in [0.15, 0.2) is 28.7 Å².